The quantitative estimate of drug-likeness (QED) is 0.869. The Morgan fingerprint density at radius 2 is 2.40 bits per heavy atom. The second-order valence-corrected chi connectivity index (χ2v) is 5.76. The van der Waals surface area contributed by atoms with Crippen LogP contribution in [0.4, 0.5) is 5.82 Å². The van der Waals surface area contributed by atoms with E-state index < -0.39 is 0 Å². The van der Waals surface area contributed by atoms with E-state index in [4.69, 9.17) is 16.9 Å². The van der Waals surface area contributed by atoms with E-state index in [-0.39, 0.29) is 4.32 Å². The first kappa shape index (κ1) is 10.7. The Kier molecular flexibility index (Phi) is 2.85. The molecule has 5 heteroatoms. The van der Waals surface area contributed by atoms with Crippen molar-refractivity contribution >= 4 is 33.3 Å². The summed E-state index contributed by atoms with van der Waals surface area (Å²) in [5, 5.41) is 12.3. The van der Waals surface area contributed by atoms with Crippen LogP contribution in [0.5, 0.6) is 0 Å². The summed E-state index contributed by atoms with van der Waals surface area (Å²) in [6.07, 6.45) is 3.86. The topological polar surface area (TPSA) is 48.7 Å². The third-order valence-corrected chi connectivity index (χ3v) is 3.70. The van der Waals surface area contributed by atoms with Gasteiger partial charge in [0.05, 0.1) is 10.6 Å². The third-order valence-electron chi connectivity index (χ3n) is 2.34. The Morgan fingerprint density at radius 1 is 1.67 bits per heavy atom. The molecule has 78 valence electrons. The molecule has 0 aliphatic heterocycles. The maximum atomic E-state index is 8.65. The number of nitriles is 1. The van der Waals surface area contributed by atoms with Crippen molar-refractivity contribution in [3.8, 4) is 6.07 Å². The van der Waals surface area contributed by atoms with E-state index in [1.807, 2.05) is 6.07 Å². The number of anilines is 1. The number of pyridine rings is 1. The summed E-state index contributed by atoms with van der Waals surface area (Å²) in [5.41, 5.74) is 0.477. The van der Waals surface area contributed by atoms with Gasteiger partial charge in [0.2, 0.25) is 0 Å². The summed E-state index contributed by atoms with van der Waals surface area (Å²) in [4.78, 5) is 4.09. The smallest absolute Gasteiger partial charge is 0.144 e. The molecule has 15 heavy (non-hydrogen) atoms. The van der Waals surface area contributed by atoms with Crippen molar-refractivity contribution in [1.29, 1.82) is 5.26 Å². The van der Waals surface area contributed by atoms with Gasteiger partial charge in [0.15, 0.2) is 0 Å². The number of alkyl halides is 1. The second kappa shape index (κ2) is 3.99. The molecule has 1 heterocycles. The van der Waals surface area contributed by atoms with Gasteiger partial charge in [-0.25, -0.2) is 4.98 Å². The first-order valence-corrected chi connectivity index (χ1v) is 5.78. The predicted octanol–water partition coefficient (Wildman–Crippen LogP) is 2.95. The summed E-state index contributed by atoms with van der Waals surface area (Å²) in [5.74, 6) is 0.640. The van der Waals surface area contributed by atoms with Gasteiger partial charge >= 0.3 is 0 Å². The van der Waals surface area contributed by atoms with Crippen molar-refractivity contribution in [3.05, 3.63) is 22.8 Å². The summed E-state index contributed by atoms with van der Waals surface area (Å²) >= 11 is 9.58. The summed E-state index contributed by atoms with van der Waals surface area (Å²) in [6.45, 7) is 0.811. The summed E-state index contributed by atoms with van der Waals surface area (Å²) in [7, 11) is 0. The zero-order valence-electron chi connectivity index (χ0n) is 7.93. The largest absolute Gasteiger partial charge is 0.367 e. The molecular weight excluding hydrogens is 277 g/mol. The highest BCUT2D eigenvalue weighted by atomic mass is 79.9. The first-order chi connectivity index (χ1) is 7.13. The van der Waals surface area contributed by atoms with Crippen LogP contribution in [0.25, 0.3) is 0 Å². The maximum Gasteiger partial charge on any atom is 0.144 e. The van der Waals surface area contributed by atoms with Crippen molar-refractivity contribution in [3.63, 3.8) is 0 Å². The average molecular weight is 287 g/mol. The minimum Gasteiger partial charge on any atom is -0.367 e. The van der Waals surface area contributed by atoms with Crippen LogP contribution in [-0.4, -0.2) is 15.9 Å². The van der Waals surface area contributed by atoms with Crippen molar-refractivity contribution < 1.29 is 0 Å². The SMILES string of the molecule is N#Cc1cnc(NCC2(Br)CC2)c(Cl)c1. The van der Waals surface area contributed by atoms with Crippen LogP contribution < -0.4 is 5.32 Å². The average Bonchev–Trinajstić information content (AvgIpc) is 2.95. The zero-order chi connectivity index (χ0) is 10.9. The van der Waals surface area contributed by atoms with E-state index in [0.717, 1.165) is 6.54 Å². The molecule has 1 N–H and O–H groups in total. The second-order valence-electron chi connectivity index (χ2n) is 3.67. The number of hydrogen-bond donors (Lipinski definition) is 1. The molecule has 1 aliphatic carbocycles. The van der Waals surface area contributed by atoms with Crippen LogP contribution in [0.1, 0.15) is 18.4 Å². The Morgan fingerprint density at radius 3 is 2.93 bits per heavy atom. The Hall–Kier alpha value is -0.790. The lowest BCUT2D eigenvalue weighted by molar-refractivity contribution is 0.956. The highest BCUT2D eigenvalue weighted by Crippen LogP contribution is 2.44. The van der Waals surface area contributed by atoms with Gasteiger partial charge in [-0.15, -0.1) is 0 Å². The minimum absolute atomic E-state index is 0.228. The lowest BCUT2D eigenvalue weighted by Crippen LogP contribution is -2.15. The Balaban J connectivity index is 2.05. The van der Waals surface area contributed by atoms with Gasteiger partial charge in [-0.1, -0.05) is 27.5 Å². The van der Waals surface area contributed by atoms with E-state index in [1.165, 1.54) is 19.0 Å². The van der Waals surface area contributed by atoms with Crippen LogP contribution >= 0.6 is 27.5 Å². The molecule has 2 rings (SSSR count). The molecule has 0 saturated heterocycles. The number of rotatable bonds is 3. The van der Waals surface area contributed by atoms with Crippen molar-refractivity contribution in [2.45, 2.75) is 17.2 Å². The molecule has 3 nitrogen and oxygen atoms in total. The maximum absolute atomic E-state index is 8.65. The van der Waals surface area contributed by atoms with E-state index >= 15 is 0 Å². The Bertz CT molecular complexity index is 423. The van der Waals surface area contributed by atoms with Gasteiger partial charge in [-0.3, -0.25) is 0 Å². The van der Waals surface area contributed by atoms with Crippen molar-refractivity contribution in [2.24, 2.45) is 0 Å². The molecule has 1 aromatic heterocycles. The fraction of sp³-hybridized carbons (Fsp3) is 0.400. The molecule has 0 radical (unpaired) electrons. The van der Waals surface area contributed by atoms with Crippen LogP contribution in [0.3, 0.4) is 0 Å². The molecule has 1 saturated carbocycles. The number of nitrogens with one attached hydrogen (secondary N) is 1. The van der Waals surface area contributed by atoms with Gasteiger partial charge < -0.3 is 5.32 Å². The number of nitrogens with zero attached hydrogens (tertiary/aromatic N) is 2. The highest BCUT2D eigenvalue weighted by Gasteiger charge is 2.39. The lowest BCUT2D eigenvalue weighted by Gasteiger charge is -2.10. The fourth-order valence-electron chi connectivity index (χ4n) is 1.18. The predicted molar refractivity (Wildman–Crippen MR) is 63.3 cm³/mol. The minimum atomic E-state index is 0.228. The van der Waals surface area contributed by atoms with E-state index in [0.29, 0.717) is 16.4 Å². The normalized spacial score (nSPS) is 16.9. The number of aromatic nitrogens is 1. The van der Waals surface area contributed by atoms with E-state index in [9.17, 15) is 0 Å². The lowest BCUT2D eigenvalue weighted by atomic mass is 10.3. The standard InChI is InChI=1S/C10H9BrClN3/c11-10(1-2-10)6-15-9-8(12)3-7(4-13)5-14-9/h3,5H,1-2,6H2,(H,14,15). The molecule has 1 aromatic rings. The third kappa shape index (κ3) is 2.61. The van der Waals surface area contributed by atoms with Gasteiger partial charge in [-0.05, 0) is 18.9 Å². The van der Waals surface area contributed by atoms with Gasteiger partial charge in [0.25, 0.3) is 0 Å². The van der Waals surface area contributed by atoms with Crippen LogP contribution in [0, 0.1) is 11.3 Å². The zero-order valence-corrected chi connectivity index (χ0v) is 10.3. The van der Waals surface area contributed by atoms with Gasteiger partial charge in [0.1, 0.15) is 11.9 Å². The van der Waals surface area contributed by atoms with E-state index in [1.54, 1.807) is 6.07 Å². The number of hydrogen-bond acceptors (Lipinski definition) is 3. The molecule has 0 spiro atoms. The fourth-order valence-corrected chi connectivity index (χ4v) is 1.76. The first-order valence-electron chi connectivity index (χ1n) is 4.61. The molecule has 0 aromatic carbocycles. The molecule has 1 aliphatic rings. The monoisotopic (exact) mass is 285 g/mol. The molecule has 0 unspecified atom stereocenters. The van der Waals surface area contributed by atoms with Crippen LogP contribution in [0.15, 0.2) is 12.3 Å². The molecular formula is C10H9BrClN3. The molecule has 0 atom stereocenters. The Labute approximate surface area is 102 Å². The van der Waals surface area contributed by atoms with Crippen LogP contribution in [0.2, 0.25) is 5.02 Å². The van der Waals surface area contributed by atoms with E-state index in [2.05, 4.69) is 26.2 Å². The van der Waals surface area contributed by atoms with Crippen molar-refractivity contribution in [1.82, 2.24) is 4.98 Å². The molecule has 0 amide bonds. The van der Waals surface area contributed by atoms with Gasteiger partial charge in [0, 0.05) is 17.1 Å². The summed E-state index contributed by atoms with van der Waals surface area (Å²) in [6, 6.07) is 3.61. The molecule has 1 fully saturated rings. The highest BCUT2D eigenvalue weighted by molar-refractivity contribution is 9.10. The van der Waals surface area contributed by atoms with Gasteiger partial charge in [-0.2, -0.15) is 5.26 Å². The molecule has 0 bridgehead atoms. The van der Waals surface area contributed by atoms with Crippen molar-refractivity contribution in [2.75, 3.05) is 11.9 Å². The number of halogens is 2. The summed E-state index contributed by atoms with van der Waals surface area (Å²) < 4.78 is 0.228. The van der Waals surface area contributed by atoms with Crippen LogP contribution in [-0.2, 0) is 0 Å².